The summed E-state index contributed by atoms with van der Waals surface area (Å²) in [6, 6.07) is 13.9. The average molecular weight is 417 g/mol. The molecule has 82 valence electrons. The summed E-state index contributed by atoms with van der Waals surface area (Å²) in [7, 11) is 0. The summed E-state index contributed by atoms with van der Waals surface area (Å²) in [6.45, 7) is 0. The Morgan fingerprint density at radius 3 is 1.00 bits per heavy atom. The Bertz CT molecular complexity index is 512. The molecule has 3 rings (SSSR count). The van der Waals surface area contributed by atoms with E-state index in [-0.39, 0.29) is 38.9 Å². The molecule has 0 atom stereocenters. The number of hydrogen-bond donors (Lipinski definition) is 0. The van der Waals surface area contributed by atoms with Crippen molar-refractivity contribution in [3.8, 4) is 0 Å². The third kappa shape index (κ3) is 1.76. The molecule has 3 heteroatoms. The second-order valence-electron chi connectivity index (χ2n) is 3.75. The van der Waals surface area contributed by atoms with Crippen molar-refractivity contribution in [1.29, 1.82) is 0 Å². The fourth-order valence-corrected chi connectivity index (χ4v) is 2.05. The second kappa shape index (κ2) is 4.52. The van der Waals surface area contributed by atoms with E-state index < -0.39 is 0 Å². The van der Waals surface area contributed by atoms with E-state index in [9.17, 15) is 9.59 Å². The summed E-state index contributed by atoms with van der Waals surface area (Å²) in [4.78, 5) is 24.2. The van der Waals surface area contributed by atoms with Crippen LogP contribution >= 0.6 is 0 Å². The Labute approximate surface area is 119 Å². The summed E-state index contributed by atoms with van der Waals surface area (Å²) in [5.74, 6) is -0.128. The molecule has 0 aliphatic heterocycles. The Balaban J connectivity index is 0.00000108. The molecule has 0 saturated carbocycles. The number of hydrogen-bond acceptors (Lipinski definition) is 2. The van der Waals surface area contributed by atoms with Gasteiger partial charge in [0, 0.05) is 22.3 Å². The van der Waals surface area contributed by atoms with Gasteiger partial charge in [-0.3, -0.25) is 9.59 Å². The summed E-state index contributed by atoms with van der Waals surface area (Å²) < 4.78 is 0. The topological polar surface area (TPSA) is 34.1 Å². The maximum absolute atomic E-state index is 12.1. The van der Waals surface area contributed by atoms with Crippen molar-refractivity contribution in [3.63, 3.8) is 0 Å². The van der Waals surface area contributed by atoms with Crippen LogP contribution in [0.2, 0.25) is 0 Å². The molecule has 0 aromatic heterocycles. The molecule has 1 aliphatic rings. The van der Waals surface area contributed by atoms with E-state index >= 15 is 0 Å². The van der Waals surface area contributed by atoms with Gasteiger partial charge in [0.2, 0.25) is 0 Å². The molecule has 2 radical (unpaired) electrons. The van der Waals surface area contributed by atoms with Gasteiger partial charge in [-0.2, -0.15) is 0 Å². The minimum atomic E-state index is -0.0641. The van der Waals surface area contributed by atoms with Crippen molar-refractivity contribution in [2.75, 3.05) is 0 Å². The van der Waals surface area contributed by atoms with Gasteiger partial charge >= 0.3 is 27.3 Å². The van der Waals surface area contributed by atoms with Crippen LogP contribution < -0.4 is 0 Å². The molecule has 0 heterocycles. The number of rotatable bonds is 0. The zero-order valence-electron chi connectivity index (χ0n) is 9.14. The van der Waals surface area contributed by atoms with E-state index in [1.54, 1.807) is 48.5 Å². The fraction of sp³-hybridized carbons (Fsp3) is 0. The predicted octanol–water partition coefficient (Wildman–Crippen LogP) is 1.55. The third-order valence-electron chi connectivity index (χ3n) is 2.83. The minimum absolute atomic E-state index is 0. The molecular weight excluding hydrogens is 407 g/mol. The van der Waals surface area contributed by atoms with Gasteiger partial charge in [0.25, 0.3) is 0 Å². The Hall–Kier alpha value is -1.30. The Kier molecular flexibility index (Phi) is 3.24. The van der Waals surface area contributed by atoms with Gasteiger partial charge in [0.1, 0.15) is 0 Å². The number of carbonyl (C=O) groups excluding carboxylic acids is 2. The number of ketones is 2. The van der Waals surface area contributed by atoms with Crippen LogP contribution in [0, 0.1) is 0 Å². The van der Waals surface area contributed by atoms with Crippen molar-refractivity contribution in [1.82, 2.24) is 0 Å². The zero-order chi connectivity index (χ0) is 11.1. The van der Waals surface area contributed by atoms with E-state index in [1.165, 1.54) is 0 Å². The molecule has 0 fully saturated rings. The summed E-state index contributed by atoms with van der Waals surface area (Å²) >= 11 is 0. The zero-order valence-corrected chi connectivity index (χ0v) is 14.6. The van der Waals surface area contributed by atoms with E-state index in [0.717, 1.165) is 0 Å². The van der Waals surface area contributed by atoms with Gasteiger partial charge in [0.05, 0.1) is 0 Å². The molecule has 2 aromatic carbocycles. The standard InChI is InChI=1S/C14H8O2.Pb.2H/c15-13-9-5-1-2-6-10(9)14(16)12-8-4-3-7-11(12)13;;;/h1-8H;;;. The van der Waals surface area contributed by atoms with E-state index in [2.05, 4.69) is 0 Å². The van der Waals surface area contributed by atoms with Gasteiger partial charge < -0.3 is 0 Å². The molecule has 0 N–H and O–H groups in total. The SMILES string of the molecule is O=C1c2ccccc2C(=O)c2ccccc21.[PbH2]. The van der Waals surface area contributed by atoms with Crippen LogP contribution in [0.4, 0.5) is 0 Å². The van der Waals surface area contributed by atoms with Crippen molar-refractivity contribution < 1.29 is 9.59 Å². The average Bonchev–Trinajstić information content (AvgIpc) is 2.36. The molecule has 0 saturated heterocycles. The second-order valence-corrected chi connectivity index (χ2v) is 3.75. The van der Waals surface area contributed by atoms with Crippen LogP contribution in [-0.4, -0.2) is 38.9 Å². The van der Waals surface area contributed by atoms with Crippen LogP contribution in [-0.2, 0) is 0 Å². The first-order chi connectivity index (χ1) is 7.79. The van der Waals surface area contributed by atoms with Gasteiger partial charge in [0.15, 0.2) is 11.6 Å². The van der Waals surface area contributed by atoms with Gasteiger partial charge in [-0.15, -0.1) is 0 Å². The Morgan fingerprint density at radius 2 is 0.765 bits per heavy atom. The monoisotopic (exact) mass is 418 g/mol. The summed E-state index contributed by atoms with van der Waals surface area (Å²) in [5.41, 5.74) is 2.02. The van der Waals surface area contributed by atoms with Gasteiger partial charge in [-0.05, 0) is 0 Å². The number of benzene rings is 2. The fourth-order valence-electron chi connectivity index (χ4n) is 2.05. The Morgan fingerprint density at radius 1 is 0.529 bits per heavy atom. The van der Waals surface area contributed by atoms with E-state index in [0.29, 0.717) is 22.3 Å². The van der Waals surface area contributed by atoms with Crippen LogP contribution in [0.25, 0.3) is 0 Å². The number of carbonyl (C=O) groups is 2. The summed E-state index contributed by atoms with van der Waals surface area (Å²) in [6.07, 6.45) is 0. The molecule has 2 aromatic rings. The normalized spacial score (nSPS) is 12.5. The molecular formula is C14H10O2Pb. The molecule has 0 unspecified atom stereocenters. The van der Waals surface area contributed by atoms with E-state index in [1.807, 2.05) is 0 Å². The van der Waals surface area contributed by atoms with Gasteiger partial charge in [-0.25, -0.2) is 0 Å². The third-order valence-corrected chi connectivity index (χ3v) is 2.83. The van der Waals surface area contributed by atoms with Crippen LogP contribution in [0.1, 0.15) is 31.8 Å². The molecule has 0 spiro atoms. The molecule has 17 heavy (non-hydrogen) atoms. The van der Waals surface area contributed by atoms with Gasteiger partial charge in [-0.1, -0.05) is 48.5 Å². The first-order valence-corrected chi connectivity index (χ1v) is 5.06. The van der Waals surface area contributed by atoms with Crippen LogP contribution in [0.5, 0.6) is 0 Å². The maximum atomic E-state index is 12.1. The van der Waals surface area contributed by atoms with Crippen LogP contribution in [0.15, 0.2) is 48.5 Å². The number of fused-ring (bicyclic) bond motifs is 2. The van der Waals surface area contributed by atoms with Crippen LogP contribution in [0.3, 0.4) is 0 Å². The van der Waals surface area contributed by atoms with Crippen molar-refractivity contribution in [2.24, 2.45) is 0 Å². The quantitative estimate of drug-likeness (QED) is 0.520. The summed E-state index contributed by atoms with van der Waals surface area (Å²) in [5, 5.41) is 0. The van der Waals surface area contributed by atoms with Crippen molar-refractivity contribution >= 4 is 38.9 Å². The molecule has 0 bridgehead atoms. The molecule has 2 nitrogen and oxygen atoms in total. The van der Waals surface area contributed by atoms with Crippen molar-refractivity contribution in [3.05, 3.63) is 70.8 Å². The predicted molar refractivity (Wildman–Crippen MR) is 68.3 cm³/mol. The molecule has 1 aliphatic carbocycles. The first-order valence-electron chi connectivity index (χ1n) is 5.06. The first kappa shape index (κ1) is 12.2. The molecule has 0 amide bonds. The van der Waals surface area contributed by atoms with E-state index in [4.69, 9.17) is 0 Å². The van der Waals surface area contributed by atoms with Crippen molar-refractivity contribution in [2.45, 2.75) is 0 Å².